The number of methoxy groups -OCH3 is 3. The number of hydrazone groups is 1. The number of nitro groups is 1. The molecule has 4 aromatic carbocycles. The van der Waals surface area contributed by atoms with E-state index in [-0.39, 0.29) is 33.7 Å². The zero-order chi connectivity index (χ0) is 32.5. The molecule has 0 aromatic heterocycles. The molecule has 0 unspecified atom stereocenters. The fraction of sp³-hybridized carbons (Fsp3) is 0.0968. The van der Waals surface area contributed by atoms with Gasteiger partial charge in [-0.2, -0.15) is 5.10 Å². The summed E-state index contributed by atoms with van der Waals surface area (Å²) in [4.78, 5) is 48.4. The maximum atomic E-state index is 12.9. The van der Waals surface area contributed by atoms with Gasteiger partial charge in [-0.3, -0.25) is 19.7 Å². The summed E-state index contributed by atoms with van der Waals surface area (Å²) < 4.78 is 21.3. The van der Waals surface area contributed by atoms with Crippen molar-refractivity contribution in [3.05, 3.63) is 116 Å². The fourth-order valence-electron chi connectivity index (χ4n) is 3.94. The number of anilines is 1. The first kappa shape index (κ1) is 32.0. The van der Waals surface area contributed by atoms with Gasteiger partial charge >= 0.3 is 5.97 Å². The maximum absolute atomic E-state index is 12.9. The Labute approximate surface area is 261 Å². The molecule has 0 saturated carbocycles. The van der Waals surface area contributed by atoms with Gasteiger partial charge in [0.05, 0.1) is 38.0 Å². The molecule has 230 valence electrons. The van der Waals surface area contributed by atoms with E-state index in [1.807, 2.05) is 0 Å². The lowest BCUT2D eigenvalue weighted by Gasteiger charge is -2.14. The Bertz CT molecular complexity index is 1750. The van der Waals surface area contributed by atoms with Gasteiger partial charge in [-0.1, -0.05) is 11.6 Å². The molecule has 2 amide bonds. The van der Waals surface area contributed by atoms with Crippen molar-refractivity contribution in [2.24, 2.45) is 5.10 Å². The average molecular weight is 633 g/mol. The number of esters is 1. The predicted molar refractivity (Wildman–Crippen MR) is 165 cm³/mol. The number of carbonyl (C=O) groups is 3. The van der Waals surface area contributed by atoms with Crippen LogP contribution >= 0.6 is 11.6 Å². The quantitative estimate of drug-likeness (QED) is 0.0712. The fourth-order valence-corrected chi connectivity index (χ4v) is 4.12. The summed E-state index contributed by atoms with van der Waals surface area (Å²) in [6, 6.07) is 18.4. The Hall–Kier alpha value is -5.95. The van der Waals surface area contributed by atoms with Crippen LogP contribution in [0.4, 0.5) is 11.4 Å². The van der Waals surface area contributed by atoms with Gasteiger partial charge in [-0.25, -0.2) is 10.2 Å². The lowest BCUT2D eigenvalue weighted by molar-refractivity contribution is -0.384. The number of nitro benzene ring substituents is 1. The minimum absolute atomic E-state index is 0.0907. The number of benzene rings is 4. The number of ether oxygens (including phenoxy) is 4. The smallest absolute Gasteiger partial charge is 0.343 e. The van der Waals surface area contributed by atoms with Crippen molar-refractivity contribution in [2.75, 3.05) is 26.6 Å². The molecule has 0 fully saturated rings. The highest BCUT2D eigenvalue weighted by atomic mass is 35.5. The number of halogens is 1. The van der Waals surface area contributed by atoms with Crippen molar-refractivity contribution >= 4 is 47.0 Å². The Balaban J connectivity index is 1.40. The van der Waals surface area contributed by atoms with E-state index in [0.717, 1.165) is 0 Å². The number of carbonyl (C=O) groups excluding carboxylic acids is 3. The minimum Gasteiger partial charge on any atom is -0.493 e. The van der Waals surface area contributed by atoms with Crippen molar-refractivity contribution in [3.63, 3.8) is 0 Å². The molecule has 2 N–H and O–H groups in total. The van der Waals surface area contributed by atoms with Gasteiger partial charge in [0.25, 0.3) is 17.5 Å². The predicted octanol–water partition coefficient (Wildman–Crippen LogP) is 5.51. The van der Waals surface area contributed by atoms with E-state index in [9.17, 15) is 24.5 Å². The highest BCUT2D eigenvalue weighted by molar-refractivity contribution is 6.31. The van der Waals surface area contributed by atoms with E-state index in [0.29, 0.717) is 28.0 Å². The zero-order valence-electron chi connectivity index (χ0n) is 24.0. The molecule has 0 spiro atoms. The van der Waals surface area contributed by atoms with E-state index in [1.54, 1.807) is 12.1 Å². The molecule has 0 radical (unpaired) electrons. The molecular formula is C31H25ClN4O9. The number of rotatable bonds is 11. The monoisotopic (exact) mass is 632 g/mol. The average Bonchev–Trinajstić information content (AvgIpc) is 3.05. The third kappa shape index (κ3) is 7.91. The standard InChI is InChI=1S/C31H25ClN4O9/c1-42-26-15-20(16-27(43-2)28(26)44-3)29(37)34-23-9-4-18(5-10-23)30(38)35-33-17-21-14-22(32)8-13-25(21)45-31(39)19-6-11-24(12-7-19)36(40)41/h4-17H,1-3H3,(H,34,37)(H,35,38)/b33-17+. The van der Waals surface area contributed by atoms with Crippen LogP contribution < -0.4 is 29.7 Å². The van der Waals surface area contributed by atoms with Gasteiger partial charge in [0.15, 0.2) is 11.5 Å². The van der Waals surface area contributed by atoms with E-state index >= 15 is 0 Å². The summed E-state index contributed by atoms with van der Waals surface area (Å²) in [5, 5.41) is 17.8. The second-order valence-corrected chi connectivity index (χ2v) is 9.46. The number of nitrogens with zero attached hydrogens (tertiary/aromatic N) is 2. The zero-order valence-corrected chi connectivity index (χ0v) is 24.8. The normalized spacial score (nSPS) is 10.6. The third-order valence-electron chi connectivity index (χ3n) is 6.19. The molecule has 0 heterocycles. The van der Waals surface area contributed by atoms with Gasteiger partial charge in [0, 0.05) is 39.5 Å². The van der Waals surface area contributed by atoms with Crippen LogP contribution in [0.3, 0.4) is 0 Å². The molecule has 0 atom stereocenters. The highest BCUT2D eigenvalue weighted by Gasteiger charge is 2.18. The second-order valence-electron chi connectivity index (χ2n) is 9.02. The molecule has 0 saturated heterocycles. The van der Waals surface area contributed by atoms with Crippen LogP contribution in [0.1, 0.15) is 36.6 Å². The summed E-state index contributed by atoms with van der Waals surface area (Å²) >= 11 is 6.09. The number of non-ortho nitro benzene ring substituents is 1. The number of hydrogen-bond donors (Lipinski definition) is 2. The summed E-state index contributed by atoms with van der Waals surface area (Å²) in [6.07, 6.45) is 1.24. The Morgan fingerprint density at radius 2 is 1.40 bits per heavy atom. The van der Waals surface area contributed by atoms with Crippen molar-refractivity contribution in [3.8, 4) is 23.0 Å². The molecule has 0 aliphatic rings. The molecule has 45 heavy (non-hydrogen) atoms. The third-order valence-corrected chi connectivity index (χ3v) is 6.43. The molecule has 14 heteroatoms. The van der Waals surface area contributed by atoms with Crippen LogP contribution in [0.2, 0.25) is 5.02 Å². The first-order chi connectivity index (χ1) is 21.6. The molecule has 13 nitrogen and oxygen atoms in total. The Morgan fingerprint density at radius 3 is 1.98 bits per heavy atom. The van der Waals surface area contributed by atoms with Gasteiger partial charge in [0.2, 0.25) is 5.75 Å². The van der Waals surface area contributed by atoms with Crippen LogP contribution in [-0.4, -0.2) is 50.3 Å². The summed E-state index contributed by atoms with van der Waals surface area (Å²) in [5.41, 5.74) is 3.51. The molecule has 0 bridgehead atoms. The summed E-state index contributed by atoms with van der Waals surface area (Å²) in [6.45, 7) is 0. The van der Waals surface area contributed by atoms with E-state index in [1.165, 1.54) is 94.3 Å². The lowest BCUT2D eigenvalue weighted by Crippen LogP contribution is -2.18. The van der Waals surface area contributed by atoms with Crippen LogP contribution in [0, 0.1) is 10.1 Å². The van der Waals surface area contributed by atoms with Gasteiger partial charge in [-0.15, -0.1) is 0 Å². The lowest BCUT2D eigenvalue weighted by atomic mass is 10.1. The first-order valence-corrected chi connectivity index (χ1v) is 13.3. The van der Waals surface area contributed by atoms with E-state index in [2.05, 4.69) is 15.8 Å². The van der Waals surface area contributed by atoms with Gasteiger partial charge < -0.3 is 24.3 Å². The molecule has 0 aliphatic heterocycles. The first-order valence-electron chi connectivity index (χ1n) is 12.9. The summed E-state index contributed by atoms with van der Waals surface area (Å²) in [7, 11) is 4.35. The van der Waals surface area contributed by atoms with Crippen LogP contribution in [-0.2, 0) is 0 Å². The van der Waals surface area contributed by atoms with Crippen LogP contribution in [0.5, 0.6) is 23.0 Å². The van der Waals surface area contributed by atoms with Crippen LogP contribution in [0.15, 0.2) is 84.0 Å². The highest BCUT2D eigenvalue weighted by Crippen LogP contribution is 2.38. The number of hydrogen-bond acceptors (Lipinski definition) is 10. The van der Waals surface area contributed by atoms with Crippen molar-refractivity contribution < 1.29 is 38.3 Å². The van der Waals surface area contributed by atoms with Gasteiger partial charge in [-0.05, 0) is 66.7 Å². The van der Waals surface area contributed by atoms with E-state index in [4.69, 9.17) is 30.5 Å². The minimum atomic E-state index is -0.761. The topological polar surface area (TPSA) is 168 Å². The molecule has 4 rings (SSSR count). The van der Waals surface area contributed by atoms with Crippen molar-refractivity contribution in [2.45, 2.75) is 0 Å². The number of nitrogens with one attached hydrogen (secondary N) is 2. The maximum Gasteiger partial charge on any atom is 0.343 e. The van der Waals surface area contributed by atoms with Crippen LogP contribution in [0.25, 0.3) is 0 Å². The summed E-state index contributed by atoms with van der Waals surface area (Å²) in [5.74, 6) is -0.673. The number of amides is 2. The largest absolute Gasteiger partial charge is 0.493 e. The molecular weight excluding hydrogens is 608 g/mol. The Morgan fingerprint density at radius 1 is 0.778 bits per heavy atom. The van der Waals surface area contributed by atoms with Crippen molar-refractivity contribution in [1.29, 1.82) is 0 Å². The van der Waals surface area contributed by atoms with E-state index < -0.39 is 22.7 Å². The molecule has 4 aromatic rings. The SMILES string of the molecule is COc1cc(C(=O)Nc2ccc(C(=O)N/N=C/c3cc(Cl)ccc3OC(=O)c3ccc([N+](=O)[O-])cc3)cc2)cc(OC)c1OC. The Kier molecular flexibility index (Phi) is 10.3. The molecule has 0 aliphatic carbocycles. The second kappa shape index (κ2) is 14.5. The van der Waals surface area contributed by atoms with Crippen molar-refractivity contribution in [1.82, 2.24) is 5.43 Å². The van der Waals surface area contributed by atoms with Gasteiger partial charge in [0.1, 0.15) is 5.75 Å².